The molecule has 4 aromatic rings. The third-order valence-electron chi connectivity index (χ3n) is 7.02. The van der Waals surface area contributed by atoms with Crippen LogP contribution < -0.4 is 4.90 Å². The Morgan fingerprint density at radius 2 is 1.47 bits per heavy atom. The van der Waals surface area contributed by atoms with Crippen molar-refractivity contribution < 1.29 is 28.6 Å². The van der Waals surface area contributed by atoms with Crippen molar-refractivity contribution in [1.29, 1.82) is 0 Å². The molecule has 0 saturated carbocycles. The minimum absolute atomic E-state index is 0.119. The molecule has 1 saturated heterocycles. The summed E-state index contributed by atoms with van der Waals surface area (Å²) in [5.41, 5.74) is 3.81. The molecule has 1 amide bonds. The number of aliphatic hydroxyl groups excluding tert-OH is 1. The number of carboxylic acid groups (broad SMARTS) is 1. The summed E-state index contributed by atoms with van der Waals surface area (Å²) in [6, 6.07) is 25.3. The monoisotopic (exact) mass is 513 g/mol. The SMILES string of the molecule is O=C(O)c1cccc(-c2ccc([C@@H]3[C@@H](CCC(O)c4ccc(F)cc4)C(=O)N3c3ccc(F)cc3)cc2)c1. The van der Waals surface area contributed by atoms with Crippen LogP contribution in [0.3, 0.4) is 0 Å². The quantitative estimate of drug-likeness (QED) is 0.262. The van der Waals surface area contributed by atoms with Gasteiger partial charge < -0.3 is 15.1 Å². The van der Waals surface area contributed by atoms with Crippen LogP contribution >= 0.6 is 0 Å². The predicted molar refractivity (Wildman–Crippen MR) is 140 cm³/mol. The van der Waals surface area contributed by atoms with Gasteiger partial charge in [-0.05, 0) is 83.6 Å². The van der Waals surface area contributed by atoms with Crippen molar-refractivity contribution >= 4 is 17.6 Å². The van der Waals surface area contributed by atoms with E-state index < -0.39 is 23.8 Å². The van der Waals surface area contributed by atoms with E-state index in [9.17, 15) is 28.6 Å². The molecule has 1 fully saturated rings. The third-order valence-corrected chi connectivity index (χ3v) is 7.02. The van der Waals surface area contributed by atoms with Gasteiger partial charge in [0, 0.05) is 5.69 Å². The average Bonchev–Trinajstić information content (AvgIpc) is 2.93. The lowest BCUT2D eigenvalue weighted by molar-refractivity contribution is -0.131. The highest BCUT2D eigenvalue weighted by Crippen LogP contribution is 2.46. The van der Waals surface area contributed by atoms with Gasteiger partial charge in [0.15, 0.2) is 0 Å². The number of carboxylic acids is 1. The van der Waals surface area contributed by atoms with E-state index in [1.165, 1.54) is 42.5 Å². The van der Waals surface area contributed by atoms with E-state index in [-0.39, 0.29) is 23.3 Å². The summed E-state index contributed by atoms with van der Waals surface area (Å²) in [5, 5.41) is 19.9. The number of hydrogen-bond acceptors (Lipinski definition) is 3. The second-order valence-electron chi connectivity index (χ2n) is 9.39. The van der Waals surface area contributed by atoms with Crippen LogP contribution in [0.1, 0.15) is 46.5 Å². The number of aromatic carboxylic acids is 1. The number of nitrogens with zero attached hydrogens (tertiary/aromatic N) is 1. The van der Waals surface area contributed by atoms with E-state index in [0.29, 0.717) is 24.1 Å². The lowest BCUT2D eigenvalue weighted by atomic mass is 9.78. The molecule has 5 nitrogen and oxygen atoms in total. The molecule has 5 rings (SSSR count). The Morgan fingerprint density at radius 1 is 0.842 bits per heavy atom. The number of anilines is 1. The summed E-state index contributed by atoms with van der Waals surface area (Å²) >= 11 is 0. The van der Waals surface area contributed by atoms with Crippen LogP contribution in [0.15, 0.2) is 97.1 Å². The molecule has 1 heterocycles. The fourth-order valence-electron chi connectivity index (χ4n) is 4.99. The van der Waals surface area contributed by atoms with Gasteiger partial charge in [-0.3, -0.25) is 4.79 Å². The van der Waals surface area contributed by atoms with Crippen molar-refractivity contribution in [2.75, 3.05) is 4.90 Å². The first-order valence-corrected chi connectivity index (χ1v) is 12.3. The number of aliphatic hydroxyl groups is 1. The van der Waals surface area contributed by atoms with E-state index in [4.69, 9.17) is 0 Å². The topological polar surface area (TPSA) is 77.8 Å². The summed E-state index contributed by atoms with van der Waals surface area (Å²) in [6.07, 6.45) is -0.120. The summed E-state index contributed by atoms with van der Waals surface area (Å²) < 4.78 is 26.8. The maximum atomic E-state index is 13.6. The summed E-state index contributed by atoms with van der Waals surface area (Å²) in [4.78, 5) is 26.2. The molecule has 2 N–H and O–H groups in total. The summed E-state index contributed by atoms with van der Waals surface area (Å²) in [5.74, 6) is -2.31. The number of amides is 1. The number of carbonyl (C=O) groups excluding carboxylic acids is 1. The second kappa shape index (κ2) is 10.6. The Kier molecular flexibility index (Phi) is 7.03. The maximum absolute atomic E-state index is 13.6. The molecule has 0 spiro atoms. The van der Waals surface area contributed by atoms with Crippen molar-refractivity contribution in [3.63, 3.8) is 0 Å². The van der Waals surface area contributed by atoms with Crippen molar-refractivity contribution in [2.45, 2.75) is 25.0 Å². The summed E-state index contributed by atoms with van der Waals surface area (Å²) in [6.45, 7) is 0. The molecule has 192 valence electrons. The van der Waals surface area contributed by atoms with Crippen LogP contribution in [0.4, 0.5) is 14.5 Å². The van der Waals surface area contributed by atoms with E-state index in [1.54, 1.807) is 29.2 Å². The fourth-order valence-corrected chi connectivity index (χ4v) is 4.99. The Morgan fingerprint density at radius 3 is 2.11 bits per heavy atom. The molecule has 38 heavy (non-hydrogen) atoms. The highest BCUT2D eigenvalue weighted by atomic mass is 19.1. The zero-order valence-electron chi connectivity index (χ0n) is 20.3. The molecular formula is C31H25F2NO4. The van der Waals surface area contributed by atoms with Crippen LogP contribution in [0.5, 0.6) is 0 Å². The molecule has 0 bridgehead atoms. The van der Waals surface area contributed by atoms with Gasteiger partial charge in [-0.1, -0.05) is 48.5 Å². The number of halogens is 2. The third kappa shape index (κ3) is 5.06. The Bertz CT molecular complexity index is 1450. The highest BCUT2D eigenvalue weighted by molar-refractivity contribution is 6.03. The largest absolute Gasteiger partial charge is 0.478 e. The molecule has 3 atom stereocenters. The van der Waals surface area contributed by atoms with E-state index in [1.807, 2.05) is 30.3 Å². The van der Waals surface area contributed by atoms with Gasteiger partial charge in [0.05, 0.1) is 23.6 Å². The normalized spacial score (nSPS) is 17.7. The van der Waals surface area contributed by atoms with E-state index >= 15 is 0 Å². The summed E-state index contributed by atoms with van der Waals surface area (Å²) in [7, 11) is 0. The maximum Gasteiger partial charge on any atom is 0.335 e. The second-order valence-corrected chi connectivity index (χ2v) is 9.39. The van der Waals surface area contributed by atoms with Gasteiger partial charge in [-0.25, -0.2) is 13.6 Å². The van der Waals surface area contributed by atoms with Crippen LogP contribution in [-0.2, 0) is 4.79 Å². The first-order valence-electron chi connectivity index (χ1n) is 12.3. The van der Waals surface area contributed by atoms with Crippen LogP contribution in [-0.4, -0.2) is 22.1 Å². The molecule has 7 heteroatoms. The first kappa shape index (κ1) is 25.3. The molecule has 1 aliphatic rings. The van der Waals surface area contributed by atoms with Gasteiger partial charge in [-0.2, -0.15) is 0 Å². The zero-order valence-corrected chi connectivity index (χ0v) is 20.3. The molecule has 0 aromatic heterocycles. The highest BCUT2D eigenvalue weighted by Gasteiger charge is 2.48. The van der Waals surface area contributed by atoms with Crippen LogP contribution in [0.25, 0.3) is 11.1 Å². The lowest BCUT2D eigenvalue weighted by Crippen LogP contribution is -2.55. The van der Waals surface area contributed by atoms with E-state index in [0.717, 1.165) is 16.7 Å². The van der Waals surface area contributed by atoms with Crippen molar-refractivity contribution in [1.82, 2.24) is 0 Å². The van der Waals surface area contributed by atoms with Crippen molar-refractivity contribution in [3.8, 4) is 11.1 Å². The zero-order chi connectivity index (χ0) is 26.8. The Hall–Kier alpha value is -4.36. The molecule has 0 radical (unpaired) electrons. The average molecular weight is 514 g/mol. The Balaban J connectivity index is 1.40. The minimum atomic E-state index is -1.00. The van der Waals surface area contributed by atoms with Gasteiger partial charge in [0.25, 0.3) is 0 Å². The fraction of sp³-hybridized carbons (Fsp3) is 0.161. The minimum Gasteiger partial charge on any atom is -0.478 e. The number of β-lactam (4-membered cyclic amide) rings is 1. The smallest absolute Gasteiger partial charge is 0.335 e. The number of benzene rings is 4. The number of hydrogen-bond donors (Lipinski definition) is 2. The Labute approximate surface area is 218 Å². The molecular weight excluding hydrogens is 488 g/mol. The van der Waals surface area contributed by atoms with Crippen LogP contribution in [0.2, 0.25) is 0 Å². The molecule has 4 aromatic carbocycles. The van der Waals surface area contributed by atoms with Crippen molar-refractivity contribution in [2.24, 2.45) is 5.92 Å². The van der Waals surface area contributed by atoms with Gasteiger partial charge in [0.2, 0.25) is 5.91 Å². The first-order chi connectivity index (χ1) is 18.3. The van der Waals surface area contributed by atoms with Crippen molar-refractivity contribution in [3.05, 3.63) is 125 Å². The van der Waals surface area contributed by atoms with E-state index in [2.05, 4.69) is 0 Å². The molecule has 0 aliphatic carbocycles. The van der Waals surface area contributed by atoms with Crippen LogP contribution in [0, 0.1) is 17.6 Å². The predicted octanol–water partition coefficient (Wildman–Crippen LogP) is 6.55. The number of rotatable bonds is 8. The van der Waals surface area contributed by atoms with Gasteiger partial charge in [0.1, 0.15) is 11.6 Å². The lowest BCUT2D eigenvalue weighted by Gasteiger charge is -2.48. The van der Waals surface area contributed by atoms with Gasteiger partial charge in [-0.15, -0.1) is 0 Å². The number of carbonyl (C=O) groups is 2. The molecule has 1 unspecified atom stereocenters. The standard InChI is InChI=1S/C31H25F2NO4/c32-24-10-8-20(9-11-24)28(35)17-16-27-29(34(30(27)36)26-14-12-25(33)13-15-26)21-6-4-19(5-7-21)22-2-1-3-23(18-22)31(37)38/h1-15,18,27-29,35H,16-17H2,(H,37,38)/t27-,28?,29-/m1/s1. The molecule has 1 aliphatic heterocycles. The van der Waals surface area contributed by atoms with Gasteiger partial charge >= 0.3 is 5.97 Å².